The molecular weight excluding hydrogens is 194 g/mol. The van der Waals surface area contributed by atoms with Crippen molar-refractivity contribution >= 4 is 11.7 Å². The van der Waals surface area contributed by atoms with E-state index in [1.54, 1.807) is 0 Å². The van der Waals surface area contributed by atoms with Gasteiger partial charge >= 0.3 is 5.97 Å². The van der Waals surface area contributed by atoms with Crippen LogP contribution in [0.25, 0.3) is 0 Å². The number of rotatable bonds is 2. The Balaban J connectivity index is 3.45. The lowest BCUT2D eigenvalue weighted by Gasteiger charge is -2.09. The van der Waals surface area contributed by atoms with Gasteiger partial charge in [0.2, 0.25) is 0 Å². The second-order valence-electron chi connectivity index (χ2n) is 2.72. The Hall–Kier alpha value is -1.72. The van der Waals surface area contributed by atoms with Crippen LogP contribution in [0.1, 0.15) is 28.0 Å². The van der Waals surface area contributed by atoms with Crippen LogP contribution >= 0.6 is 0 Å². The summed E-state index contributed by atoms with van der Waals surface area (Å²) in [7, 11) is 0. The van der Waals surface area contributed by atoms with Gasteiger partial charge in [0, 0.05) is 11.9 Å². The van der Waals surface area contributed by atoms with Crippen LogP contribution in [0.5, 0.6) is 0 Å². The van der Waals surface area contributed by atoms with Crippen molar-refractivity contribution in [1.82, 2.24) is 4.98 Å². The van der Waals surface area contributed by atoms with E-state index in [2.05, 4.69) is 4.98 Å². The molecule has 0 aliphatic rings. The van der Waals surface area contributed by atoms with Crippen LogP contribution in [0, 0.1) is 6.92 Å². The largest absolute Gasteiger partial charge is 0.476 e. The number of aromatic nitrogens is 1. The number of alkyl halides is 2. The van der Waals surface area contributed by atoms with Gasteiger partial charge in [0.1, 0.15) is 0 Å². The summed E-state index contributed by atoms with van der Waals surface area (Å²) in [5.41, 5.74) is 4.06. The van der Waals surface area contributed by atoms with Crippen molar-refractivity contribution < 1.29 is 18.7 Å². The lowest BCUT2D eigenvalue weighted by Crippen LogP contribution is -2.10. The molecule has 6 heteroatoms. The van der Waals surface area contributed by atoms with Gasteiger partial charge in [-0.1, -0.05) is 0 Å². The number of nitrogens with two attached hydrogens (primary N) is 1. The van der Waals surface area contributed by atoms with Gasteiger partial charge in [0.05, 0.1) is 5.56 Å². The molecule has 0 atom stereocenters. The topological polar surface area (TPSA) is 76.2 Å². The molecule has 1 heterocycles. The molecule has 0 bridgehead atoms. The van der Waals surface area contributed by atoms with Crippen molar-refractivity contribution in [2.75, 3.05) is 5.73 Å². The first-order valence-electron chi connectivity index (χ1n) is 3.71. The maximum atomic E-state index is 12.4. The summed E-state index contributed by atoms with van der Waals surface area (Å²) < 4.78 is 24.9. The molecule has 0 saturated carbocycles. The lowest BCUT2D eigenvalue weighted by molar-refractivity contribution is 0.0677. The van der Waals surface area contributed by atoms with Crippen molar-refractivity contribution in [2.24, 2.45) is 0 Å². The van der Waals surface area contributed by atoms with E-state index in [0.717, 1.165) is 6.20 Å². The van der Waals surface area contributed by atoms with Crippen LogP contribution in [0.15, 0.2) is 6.20 Å². The summed E-state index contributed by atoms with van der Waals surface area (Å²) in [6.07, 6.45) is -1.78. The molecule has 0 amide bonds. The van der Waals surface area contributed by atoms with Gasteiger partial charge in [-0.05, 0) is 12.5 Å². The van der Waals surface area contributed by atoms with Crippen LogP contribution in [0.2, 0.25) is 0 Å². The second-order valence-corrected chi connectivity index (χ2v) is 2.72. The van der Waals surface area contributed by atoms with Crippen molar-refractivity contribution in [2.45, 2.75) is 13.3 Å². The zero-order valence-corrected chi connectivity index (χ0v) is 7.29. The van der Waals surface area contributed by atoms with Crippen molar-refractivity contribution in [1.29, 1.82) is 0 Å². The Labute approximate surface area is 78.4 Å². The van der Waals surface area contributed by atoms with Gasteiger partial charge in [-0.15, -0.1) is 0 Å². The minimum Gasteiger partial charge on any atom is -0.476 e. The van der Waals surface area contributed by atoms with Gasteiger partial charge in [-0.2, -0.15) is 0 Å². The number of hydrogen-bond acceptors (Lipinski definition) is 3. The third kappa shape index (κ3) is 1.63. The first kappa shape index (κ1) is 10.4. The van der Waals surface area contributed by atoms with Crippen LogP contribution in [0.4, 0.5) is 14.5 Å². The van der Waals surface area contributed by atoms with E-state index < -0.39 is 23.7 Å². The summed E-state index contributed by atoms with van der Waals surface area (Å²) >= 11 is 0. The predicted octanol–water partition coefficient (Wildman–Crippen LogP) is 1.61. The van der Waals surface area contributed by atoms with Gasteiger partial charge in [-0.3, -0.25) is 0 Å². The summed E-state index contributed by atoms with van der Waals surface area (Å²) in [4.78, 5) is 13.9. The van der Waals surface area contributed by atoms with E-state index in [4.69, 9.17) is 10.8 Å². The van der Waals surface area contributed by atoms with Gasteiger partial charge in [0.25, 0.3) is 6.43 Å². The highest BCUT2D eigenvalue weighted by Gasteiger charge is 2.23. The first-order chi connectivity index (χ1) is 6.45. The molecule has 1 aromatic rings. The highest BCUT2D eigenvalue weighted by atomic mass is 19.3. The molecule has 0 saturated heterocycles. The summed E-state index contributed by atoms with van der Waals surface area (Å²) in [5, 5.41) is 8.58. The van der Waals surface area contributed by atoms with Crippen LogP contribution in [-0.4, -0.2) is 16.1 Å². The Morgan fingerprint density at radius 3 is 2.64 bits per heavy atom. The first-order valence-corrected chi connectivity index (χ1v) is 3.71. The van der Waals surface area contributed by atoms with Gasteiger partial charge in [0.15, 0.2) is 5.69 Å². The molecule has 0 spiro atoms. The number of pyridine rings is 1. The average Bonchev–Trinajstić information content (AvgIpc) is 2.08. The molecule has 0 fully saturated rings. The highest BCUT2D eigenvalue weighted by Crippen LogP contribution is 2.29. The molecule has 0 aromatic carbocycles. The van der Waals surface area contributed by atoms with Crippen LogP contribution in [0.3, 0.4) is 0 Å². The quantitative estimate of drug-likeness (QED) is 0.763. The Morgan fingerprint density at radius 1 is 1.64 bits per heavy atom. The predicted molar refractivity (Wildman–Crippen MR) is 45.3 cm³/mol. The molecule has 14 heavy (non-hydrogen) atoms. The molecule has 0 aliphatic heterocycles. The fourth-order valence-electron chi connectivity index (χ4n) is 1.03. The third-order valence-corrected chi connectivity index (χ3v) is 1.78. The van der Waals surface area contributed by atoms with E-state index >= 15 is 0 Å². The Bertz CT molecular complexity index is 380. The molecular formula is C8H8F2N2O2. The number of carboxylic acid groups (broad SMARTS) is 1. The SMILES string of the molecule is Cc1cnc(C(=O)O)c(C(F)F)c1N. The molecule has 0 aliphatic carbocycles. The Kier molecular flexibility index (Phi) is 2.64. The normalized spacial score (nSPS) is 10.6. The zero-order chi connectivity index (χ0) is 10.9. The summed E-state index contributed by atoms with van der Waals surface area (Å²) in [6, 6.07) is 0. The van der Waals surface area contributed by atoms with Gasteiger partial charge < -0.3 is 10.8 Å². The standard InChI is InChI=1S/C8H8F2N2O2/c1-3-2-12-6(8(13)14)4(5(3)11)7(9)10/h2,7H,1H3,(H2,11,12)(H,13,14). The van der Waals surface area contributed by atoms with Crippen molar-refractivity contribution in [3.8, 4) is 0 Å². The lowest BCUT2D eigenvalue weighted by atomic mass is 10.1. The summed E-state index contributed by atoms with van der Waals surface area (Å²) in [6.45, 7) is 1.49. The Morgan fingerprint density at radius 2 is 2.21 bits per heavy atom. The van der Waals surface area contributed by atoms with Crippen LogP contribution < -0.4 is 5.73 Å². The number of carboxylic acids is 1. The number of nitrogen functional groups attached to an aromatic ring is 1. The number of carbonyl (C=O) groups is 1. The molecule has 1 aromatic heterocycles. The number of aryl methyl sites for hydroxylation is 1. The minimum atomic E-state index is -2.94. The molecule has 0 radical (unpaired) electrons. The number of halogens is 2. The maximum absolute atomic E-state index is 12.4. The van der Waals surface area contributed by atoms with E-state index in [-0.39, 0.29) is 5.69 Å². The maximum Gasteiger partial charge on any atom is 0.355 e. The number of hydrogen-bond donors (Lipinski definition) is 2. The third-order valence-electron chi connectivity index (χ3n) is 1.78. The van der Waals surface area contributed by atoms with E-state index in [0.29, 0.717) is 5.56 Å². The molecule has 76 valence electrons. The molecule has 0 unspecified atom stereocenters. The van der Waals surface area contributed by atoms with E-state index in [9.17, 15) is 13.6 Å². The second kappa shape index (κ2) is 3.57. The van der Waals surface area contributed by atoms with E-state index in [1.807, 2.05) is 0 Å². The van der Waals surface area contributed by atoms with E-state index in [1.165, 1.54) is 6.92 Å². The summed E-state index contributed by atoms with van der Waals surface area (Å²) in [5.74, 6) is -1.51. The number of anilines is 1. The van der Waals surface area contributed by atoms with Gasteiger partial charge in [-0.25, -0.2) is 18.6 Å². The molecule has 3 N–H and O–H groups in total. The molecule has 1 rings (SSSR count). The molecule has 4 nitrogen and oxygen atoms in total. The number of aromatic carboxylic acids is 1. The zero-order valence-electron chi connectivity index (χ0n) is 7.29. The average molecular weight is 202 g/mol. The van der Waals surface area contributed by atoms with Crippen molar-refractivity contribution in [3.05, 3.63) is 23.0 Å². The van der Waals surface area contributed by atoms with Crippen LogP contribution in [-0.2, 0) is 0 Å². The highest BCUT2D eigenvalue weighted by molar-refractivity contribution is 5.89. The minimum absolute atomic E-state index is 0.215. The van der Waals surface area contributed by atoms with Crippen molar-refractivity contribution in [3.63, 3.8) is 0 Å². The fourth-order valence-corrected chi connectivity index (χ4v) is 1.03. The monoisotopic (exact) mass is 202 g/mol. The smallest absolute Gasteiger partial charge is 0.355 e. The fraction of sp³-hybridized carbons (Fsp3) is 0.250. The number of nitrogens with zero attached hydrogens (tertiary/aromatic N) is 1.